The minimum atomic E-state index is -0.250. The van der Waals surface area contributed by atoms with Gasteiger partial charge in [-0.3, -0.25) is 4.79 Å². The number of piperazine rings is 1. The van der Waals surface area contributed by atoms with Crippen LogP contribution in [-0.2, 0) is 4.79 Å². The van der Waals surface area contributed by atoms with Crippen molar-refractivity contribution in [2.75, 3.05) is 19.6 Å². The van der Waals surface area contributed by atoms with E-state index in [0.717, 1.165) is 25.1 Å². The Morgan fingerprint density at radius 2 is 2.13 bits per heavy atom. The Morgan fingerprint density at radius 3 is 2.80 bits per heavy atom. The number of carbonyl (C=O) groups is 1. The molecule has 0 aliphatic carbocycles. The molecule has 1 saturated heterocycles. The van der Waals surface area contributed by atoms with Gasteiger partial charge in [0.2, 0.25) is 6.41 Å². The second-order valence-corrected chi connectivity index (χ2v) is 3.61. The maximum Gasteiger partial charge on any atom is 0.210 e. The van der Waals surface area contributed by atoms with Crippen LogP contribution in [0.2, 0.25) is 0 Å². The Balaban J connectivity index is 2.20. The second-order valence-electron chi connectivity index (χ2n) is 3.61. The van der Waals surface area contributed by atoms with Gasteiger partial charge in [-0.25, -0.2) is 4.39 Å². The van der Waals surface area contributed by atoms with Crippen LogP contribution in [0.15, 0.2) is 24.3 Å². The predicted molar refractivity (Wildman–Crippen MR) is 54.8 cm³/mol. The molecular formula is C11H13FN2O. The van der Waals surface area contributed by atoms with Gasteiger partial charge in [0.15, 0.2) is 0 Å². The third kappa shape index (κ3) is 2.15. The fourth-order valence-corrected chi connectivity index (χ4v) is 1.84. The molecule has 1 heterocycles. The van der Waals surface area contributed by atoms with E-state index in [1.165, 1.54) is 12.1 Å². The number of carbonyl (C=O) groups excluding carboxylic acids is 1. The van der Waals surface area contributed by atoms with Gasteiger partial charge in [-0.15, -0.1) is 0 Å². The van der Waals surface area contributed by atoms with Gasteiger partial charge < -0.3 is 10.2 Å². The summed E-state index contributed by atoms with van der Waals surface area (Å²) < 4.78 is 12.7. The lowest BCUT2D eigenvalue weighted by Crippen LogP contribution is -2.45. The molecule has 15 heavy (non-hydrogen) atoms. The Bertz CT molecular complexity index is 339. The summed E-state index contributed by atoms with van der Waals surface area (Å²) in [4.78, 5) is 12.6. The van der Waals surface area contributed by atoms with Crippen molar-refractivity contribution < 1.29 is 9.18 Å². The highest BCUT2D eigenvalue weighted by Crippen LogP contribution is 2.20. The van der Waals surface area contributed by atoms with E-state index in [0.29, 0.717) is 6.54 Å². The van der Waals surface area contributed by atoms with Gasteiger partial charge in [0.25, 0.3) is 0 Å². The van der Waals surface area contributed by atoms with Crippen molar-refractivity contribution in [1.82, 2.24) is 10.2 Å². The van der Waals surface area contributed by atoms with Gasteiger partial charge in [-0.1, -0.05) is 12.1 Å². The second kappa shape index (κ2) is 4.40. The molecule has 1 aliphatic rings. The van der Waals surface area contributed by atoms with E-state index in [1.54, 1.807) is 17.0 Å². The molecule has 3 nitrogen and oxygen atoms in total. The minimum Gasteiger partial charge on any atom is -0.336 e. The summed E-state index contributed by atoms with van der Waals surface area (Å²) in [5, 5.41) is 3.22. The highest BCUT2D eigenvalue weighted by atomic mass is 19.1. The van der Waals surface area contributed by atoms with E-state index in [2.05, 4.69) is 5.32 Å². The summed E-state index contributed by atoms with van der Waals surface area (Å²) in [6, 6.07) is 6.32. The monoisotopic (exact) mass is 208 g/mol. The lowest BCUT2D eigenvalue weighted by atomic mass is 10.0. The maximum atomic E-state index is 12.7. The zero-order chi connectivity index (χ0) is 10.7. The zero-order valence-corrected chi connectivity index (χ0v) is 8.32. The number of halogens is 1. The standard InChI is InChI=1S/C11H13FN2O/c12-10-3-1-9(2-4-10)11-7-13-5-6-14(11)8-15/h1-4,8,11,13H,5-7H2. The normalized spacial score (nSPS) is 21.4. The molecule has 0 bridgehead atoms. The number of nitrogens with one attached hydrogen (secondary N) is 1. The Hall–Kier alpha value is -1.42. The van der Waals surface area contributed by atoms with E-state index in [-0.39, 0.29) is 11.9 Å². The molecule has 1 aromatic carbocycles. The first-order valence-electron chi connectivity index (χ1n) is 4.98. The topological polar surface area (TPSA) is 32.3 Å². The molecule has 1 aliphatic heterocycles. The molecule has 1 unspecified atom stereocenters. The Labute approximate surface area is 87.9 Å². The van der Waals surface area contributed by atoms with Gasteiger partial charge >= 0.3 is 0 Å². The predicted octanol–water partition coefficient (Wildman–Crippen LogP) is 0.928. The summed E-state index contributed by atoms with van der Waals surface area (Å²) in [7, 11) is 0. The van der Waals surface area contributed by atoms with Crippen LogP contribution < -0.4 is 5.32 Å². The molecule has 80 valence electrons. The zero-order valence-electron chi connectivity index (χ0n) is 8.32. The van der Waals surface area contributed by atoms with Gasteiger partial charge in [0.1, 0.15) is 5.82 Å². The first-order chi connectivity index (χ1) is 7.31. The third-order valence-corrected chi connectivity index (χ3v) is 2.67. The summed E-state index contributed by atoms with van der Waals surface area (Å²) in [6.07, 6.45) is 0.856. The Kier molecular flexibility index (Phi) is 2.97. The molecule has 0 spiro atoms. The van der Waals surface area contributed by atoms with Gasteiger partial charge in [-0.2, -0.15) is 0 Å². The third-order valence-electron chi connectivity index (χ3n) is 2.67. The summed E-state index contributed by atoms with van der Waals surface area (Å²) >= 11 is 0. The first-order valence-corrected chi connectivity index (χ1v) is 4.98. The summed E-state index contributed by atoms with van der Waals surface area (Å²) in [5.41, 5.74) is 0.968. The molecular weight excluding hydrogens is 195 g/mol. The van der Waals surface area contributed by atoms with Crippen molar-refractivity contribution in [2.24, 2.45) is 0 Å². The van der Waals surface area contributed by atoms with Crippen molar-refractivity contribution in [3.05, 3.63) is 35.6 Å². The van der Waals surface area contributed by atoms with Crippen LogP contribution >= 0.6 is 0 Å². The number of rotatable bonds is 2. The summed E-state index contributed by atoms with van der Waals surface area (Å²) in [5.74, 6) is -0.250. The lowest BCUT2D eigenvalue weighted by Gasteiger charge is -2.33. The molecule has 1 atom stereocenters. The van der Waals surface area contributed by atoms with E-state index < -0.39 is 0 Å². The molecule has 0 aromatic heterocycles. The molecule has 4 heteroatoms. The van der Waals surface area contributed by atoms with Crippen LogP contribution in [0.3, 0.4) is 0 Å². The minimum absolute atomic E-state index is 0.0249. The van der Waals surface area contributed by atoms with Crippen LogP contribution in [0.25, 0.3) is 0 Å². The molecule has 1 amide bonds. The van der Waals surface area contributed by atoms with Crippen LogP contribution in [0.4, 0.5) is 4.39 Å². The fraction of sp³-hybridized carbons (Fsp3) is 0.364. The van der Waals surface area contributed by atoms with Crippen molar-refractivity contribution >= 4 is 6.41 Å². The first kappa shape index (κ1) is 10.1. The maximum absolute atomic E-state index is 12.7. The largest absolute Gasteiger partial charge is 0.336 e. The van der Waals surface area contributed by atoms with E-state index >= 15 is 0 Å². The van der Waals surface area contributed by atoms with E-state index in [9.17, 15) is 9.18 Å². The number of hydrogen-bond donors (Lipinski definition) is 1. The van der Waals surface area contributed by atoms with Gasteiger partial charge in [0.05, 0.1) is 6.04 Å². The summed E-state index contributed by atoms with van der Waals surface area (Å²) in [6.45, 7) is 2.24. The van der Waals surface area contributed by atoms with Crippen LogP contribution in [0.1, 0.15) is 11.6 Å². The Morgan fingerprint density at radius 1 is 1.40 bits per heavy atom. The lowest BCUT2D eigenvalue weighted by molar-refractivity contribution is -0.121. The molecule has 0 radical (unpaired) electrons. The van der Waals surface area contributed by atoms with Crippen LogP contribution in [0, 0.1) is 5.82 Å². The molecule has 1 aromatic rings. The van der Waals surface area contributed by atoms with Crippen LogP contribution in [0.5, 0.6) is 0 Å². The molecule has 0 saturated carbocycles. The molecule has 1 fully saturated rings. The van der Waals surface area contributed by atoms with E-state index in [1.807, 2.05) is 0 Å². The average Bonchev–Trinajstić information content (AvgIpc) is 2.30. The SMILES string of the molecule is O=CN1CCNCC1c1ccc(F)cc1. The number of nitrogens with zero attached hydrogens (tertiary/aromatic N) is 1. The molecule has 1 N–H and O–H groups in total. The van der Waals surface area contributed by atoms with E-state index in [4.69, 9.17) is 0 Å². The van der Waals surface area contributed by atoms with Crippen molar-refractivity contribution in [3.63, 3.8) is 0 Å². The van der Waals surface area contributed by atoms with Crippen molar-refractivity contribution in [2.45, 2.75) is 6.04 Å². The van der Waals surface area contributed by atoms with Gasteiger partial charge in [-0.05, 0) is 17.7 Å². The fourth-order valence-electron chi connectivity index (χ4n) is 1.84. The molecule has 2 rings (SSSR count). The number of hydrogen-bond acceptors (Lipinski definition) is 2. The van der Waals surface area contributed by atoms with Gasteiger partial charge in [0, 0.05) is 19.6 Å². The van der Waals surface area contributed by atoms with Crippen molar-refractivity contribution in [3.8, 4) is 0 Å². The highest BCUT2D eigenvalue weighted by molar-refractivity contribution is 5.49. The highest BCUT2D eigenvalue weighted by Gasteiger charge is 2.21. The average molecular weight is 208 g/mol. The smallest absolute Gasteiger partial charge is 0.210 e. The quantitative estimate of drug-likeness (QED) is 0.733. The van der Waals surface area contributed by atoms with Crippen molar-refractivity contribution in [1.29, 1.82) is 0 Å². The van der Waals surface area contributed by atoms with Crippen LogP contribution in [-0.4, -0.2) is 30.9 Å². The number of benzene rings is 1. The number of amides is 1.